The summed E-state index contributed by atoms with van der Waals surface area (Å²) in [5.41, 5.74) is 0.180. The average Bonchev–Trinajstić information content (AvgIpc) is 3.02. The van der Waals surface area contributed by atoms with E-state index in [9.17, 15) is 9.18 Å². The minimum Gasteiger partial charge on any atom is -0.346 e. The maximum atomic E-state index is 13.6. The number of thiazole rings is 1. The van der Waals surface area contributed by atoms with Crippen LogP contribution in [0.5, 0.6) is 0 Å². The number of halogens is 1. The van der Waals surface area contributed by atoms with E-state index in [0.717, 1.165) is 31.3 Å². The number of anilines is 1. The first kappa shape index (κ1) is 14.2. The summed E-state index contributed by atoms with van der Waals surface area (Å²) in [5.74, 6) is -0.597. The lowest BCUT2D eigenvalue weighted by Crippen LogP contribution is -2.48. The van der Waals surface area contributed by atoms with Crippen LogP contribution >= 0.6 is 11.3 Å². The molecular weight excluding hydrogens is 289 g/mol. The van der Waals surface area contributed by atoms with Gasteiger partial charge in [0.25, 0.3) is 0 Å². The van der Waals surface area contributed by atoms with Crippen LogP contribution in [0.1, 0.15) is 10.4 Å². The van der Waals surface area contributed by atoms with E-state index in [1.165, 1.54) is 6.07 Å². The number of carbonyl (C=O) groups excluding carboxylic acids is 1. The van der Waals surface area contributed by atoms with Gasteiger partial charge in [0.05, 0.1) is 12.1 Å². The molecule has 3 rings (SSSR count). The van der Waals surface area contributed by atoms with Crippen molar-refractivity contribution in [3.8, 4) is 0 Å². The van der Waals surface area contributed by atoms with Crippen molar-refractivity contribution >= 4 is 22.3 Å². The number of hydrogen-bond donors (Lipinski definition) is 0. The van der Waals surface area contributed by atoms with Crippen molar-refractivity contribution in [1.29, 1.82) is 0 Å². The molecule has 0 bridgehead atoms. The van der Waals surface area contributed by atoms with E-state index in [1.54, 1.807) is 35.7 Å². The van der Waals surface area contributed by atoms with E-state index >= 15 is 0 Å². The van der Waals surface area contributed by atoms with Crippen molar-refractivity contribution < 1.29 is 9.18 Å². The normalized spacial score (nSPS) is 16.1. The Hall–Kier alpha value is -1.79. The largest absolute Gasteiger partial charge is 0.346 e. The highest BCUT2D eigenvalue weighted by atomic mass is 32.1. The minimum atomic E-state index is -0.441. The number of nitrogens with zero attached hydrogens (tertiary/aromatic N) is 3. The van der Waals surface area contributed by atoms with Crippen LogP contribution in [0.3, 0.4) is 0 Å². The van der Waals surface area contributed by atoms with Crippen molar-refractivity contribution in [3.05, 3.63) is 47.2 Å². The Morgan fingerprint density at radius 2 is 2.00 bits per heavy atom. The average molecular weight is 305 g/mol. The van der Waals surface area contributed by atoms with Crippen LogP contribution < -0.4 is 4.90 Å². The first-order chi connectivity index (χ1) is 10.2. The van der Waals surface area contributed by atoms with Crippen molar-refractivity contribution in [2.24, 2.45) is 0 Å². The summed E-state index contributed by atoms with van der Waals surface area (Å²) in [6, 6.07) is 6.16. The van der Waals surface area contributed by atoms with Crippen LogP contribution in [-0.4, -0.2) is 48.4 Å². The van der Waals surface area contributed by atoms with Crippen molar-refractivity contribution in [2.45, 2.75) is 0 Å². The molecule has 0 amide bonds. The van der Waals surface area contributed by atoms with E-state index in [2.05, 4.69) is 14.8 Å². The molecule has 110 valence electrons. The van der Waals surface area contributed by atoms with E-state index in [0.29, 0.717) is 0 Å². The number of aromatic nitrogens is 1. The topological polar surface area (TPSA) is 36.4 Å². The molecule has 0 N–H and O–H groups in total. The van der Waals surface area contributed by atoms with Gasteiger partial charge in [-0.2, -0.15) is 0 Å². The Morgan fingerprint density at radius 3 is 2.67 bits per heavy atom. The van der Waals surface area contributed by atoms with Crippen molar-refractivity contribution in [1.82, 2.24) is 9.88 Å². The summed E-state index contributed by atoms with van der Waals surface area (Å²) in [7, 11) is 0. The highest BCUT2D eigenvalue weighted by Gasteiger charge is 2.21. The smallest absolute Gasteiger partial charge is 0.185 e. The van der Waals surface area contributed by atoms with Gasteiger partial charge in [0.2, 0.25) is 0 Å². The van der Waals surface area contributed by atoms with Crippen LogP contribution in [0.2, 0.25) is 0 Å². The lowest BCUT2D eigenvalue weighted by atomic mass is 10.1. The lowest BCUT2D eigenvalue weighted by Gasteiger charge is -2.34. The zero-order chi connectivity index (χ0) is 14.7. The monoisotopic (exact) mass is 305 g/mol. The first-order valence-corrected chi connectivity index (χ1v) is 7.76. The predicted molar refractivity (Wildman–Crippen MR) is 81.5 cm³/mol. The lowest BCUT2D eigenvalue weighted by molar-refractivity contribution is 0.0922. The SMILES string of the molecule is O=C(CN1CCN(c2nccs2)CC1)c1ccccc1F. The maximum absolute atomic E-state index is 13.6. The second-order valence-electron chi connectivity index (χ2n) is 4.98. The van der Waals surface area contributed by atoms with Gasteiger partial charge in [-0.05, 0) is 12.1 Å². The van der Waals surface area contributed by atoms with Gasteiger partial charge < -0.3 is 4.90 Å². The third-order valence-corrected chi connectivity index (χ3v) is 4.44. The second kappa shape index (κ2) is 6.32. The van der Waals surface area contributed by atoms with Crippen molar-refractivity contribution in [2.75, 3.05) is 37.6 Å². The van der Waals surface area contributed by atoms with E-state index in [4.69, 9.17) is 0 Å². The van der Waals surface area contributed by atoms with Gasteiger partial charge in [-0.3, -0.25) is 9.69 Å². The highest BCUT2D eigenvalue weighted by Crippen LogP contribution is 2.19. The standard InChI is InChI=1S/C15H16FN3OS/c16-13-4-2-1-3-12(13)14(20)11-18-6-8-19(9-7-18)15-17-5-10-21-15/h1-5,10H,6-9,11H2. The highest BCUT2D eigenvalue weighted by molar-refractivity contribution is 7.13. The van der Waals surface area contributed by atoms with Gasteiger partial charge in [0, 0.05) is 37.8 Å². The van der Waals surface area contributed by atoms with Crippen LogP contribution in [0.25, 0.3) is 0 Å². The number of piperazine rings is 1. The molecule has 0 saturated carbocycles. The zero-order valence-corrected chi connectivity index (χ0v) is 12.4. The molecule has 21 heavy (non-hydrogen) atoms. The molecule has 1 aliphatic rings. The quantitative estimate of drug-likeness (QED) is 0.812. The molecule has 0 aliphatic carbocycles. The summed E-state index contributed by atoms with van der Waals surface area (Å²) >= 11 is 1.62. The Labute approximate surface area is 126 Å². The number of rotatable bonds is 4. The molecule has 0 radical (unpaired) electrons. The van der Waals surface area contributed by atoms with Crippen LogP contribution in [-0.2, 0) is 0 Å². The molecule has 0 atom stereocenters. The molecule has 1 aromatic carbocycles. The Kier molecular flexibility index (Phi) is 4.26. The van der Waals surface area contributed by atoms with E-state index in [1.807, 2.05) is 5.38 Å². The predicted octanol–water partition coefficient (Wildman–Crippen LogP) is 2.29. The fourth-order valence-corrected chi connectivity index (χ4v) is 3.14. The van der Waals surface area contributed by atoms with Gasteiger partial charge in [0.1, 0.15) is 5.82 Å². The summed E-state index contributed by atoms with van der Waals surface area (Å²) in [4.78, 5) is 20.7. The summed E-state index contributed by atoms with van der Waals surface area (Å²) in [6.07, 6.45) is 1.80. The summed E-state index contributed by atoms with van der Waals surface area (Å²) in [5, 5.41) is 2.98. The van der Waals surface area contributed by atoms with Crippen LogP contribution in [0.15, 0.2) is 35.8 Å². The van der Waals surface area contributed by atoms with Crippen LogP contribution in [0.4, 0.5) is 9.52 Å². The number of ketones is 1. The molecule has 2 heterocycles. The molecule has 1 fully saturated rings. The molecule has 2 aromatic rings. The molecule has 0 spiro atoms. The van der Waals surface area contributed by atoms with Gasteiger partial charge in [0.15, 0.2) is 10.9 Å². The molecule has 1 aliphatic heterocycles. The fourth-order valence-electron chi connectivity index (χ4n) is 2.44. The van der Waals surface area contributed by atoms with Crippen molar-refractivity contribution in [3.63, 3.8) is 0 Å². The molecule has 1 saturated heterocycles. The minimum absolute atomic E-state index is 0.157. The number of benzene rings is 1. The Bertz CT molecular complexity index is 609. The summed E-state index contributed by atoms with van der Waals surface area (Å²) < 4.78 is 13.6. The molecule has 1 aromatic heterocycles. The second-order valence-corrected chi connectivity index (χ2v) is 5.85. The molecule has 6 heteroatoms. The summed E-state index contributed by atoms with van der Waals surface area (Å²) in [6.45, 7) is 3.54. The van der Waals surface area contributed by atoms with Gasteiger partial charge >= 0.3 is 0 Å². The van der Waals surface area contributed by atoms with Gasteiger partial charge in [-0.25, -0.2) is 9.37 Å². The van der Waals surface area contributed by atoms with Gasteiger partial charge in [-0.15, -0.1) is 11.3 Å². The third kappa shape index (κ3) is 3.28. The Morgan fingerprint density at radius 1 is 1.24 bits per heavy atom. The molecule has 0 unspecified atom stereocenters. The first-order valence-electron chi connectivity index (χ1n) is 6.88. The fraction of sp³-hybridized carbons (Fsp3) is 0.333. The third-order valence-electron chi connectivity index (χ3n) is 3.60. The maximum Gasteiger partial charge on any atom is 0.185 e. The Balaban J connectivity index is 1.56. The van der Waals surface area contributed by atoms with E-state index < -0.39 is 5.82 Å². The van der Waals surface area contributed by atoms with Crippen LogP contribution in [0, 0.1) is 5.82 Å². The number of hydrogen-bond acceptors (Lipinski definition) is 5. The zero-order valence-electron chi connectivity index (χ0n) is 11.5. The molecular formula is C15H16FN3OS. The van der Waals surface area contributed by atoms with E-state index in [-0.39, 0.29) is 17.9 Å². The number of carbonyl (C=O) groups is 1. The van der Waals surface area contributed by atoms with Gasteiger partial charge in [-0.1, -0.05) is 12.1 Å². The number of Topliss-reactive ketones (excluding diaryl/α,β-unsaturated/α-hetero) is 1. The molecule has 4 nitrogen and oxygen atoms in total.